The van der Waals surface area contributed by atoms with Gasteiger partial charge in [0.25, 0.3) is 5.56 Å². The lowest BCUT2D eigenvalue weighted by Crippen LogP contribution is -2.53. The molecule has 1 atom stereocenters. The molecule has 5 heteroatoms. The fourth-order valence-corrected chi connectivity index (χ4v) is 7.58. The molecule has 1 N–H and O–H groups in total. The van der Waals surface area contributed by atoms with Gasteiger partial charge in [0.2, 0.25) is 0 Å². The van der Waals surface area contributed by atoms with Crippen molar-refractivity contribution in [3.63, 3.8) is 0 Å². The zero-order valence-corrected chi connectivity index (χ0v) is 27.8. The lowest BCUT2D eigenvalue weighted by molar-refractivity contribution is -0.922. The monoisotopic (exact) mass is 637 g/mol. The summed E-state index contributed by atoms with van der Waals surface area (Å²) in [5.41, 5.74) is 6.74. The summed E-state index contributed by atoms with van der Waals surface area (Å²) in [5, 5.41) is 1.09. The minimum absolute atomic E-state index is 0.00477. The van der Waals surface area contributed by atoms with E-state index >= 15 is 0 Å². The van der Waals surface area contributed by atoms with E-state index < -0.39 is 0 Å². The normalized spacial score (nSPS) is 20.0. The fourth-order valence-electron chi connectivity index (χ4n) is 7.58. The van der Waals surface area contributed by atoms with Crippen molar-refractivity contribution in [1.29, 1.82) is 0 Å². The highest BCUT2D eigenvalue weighted by molar-refractivity contribution is 5.80. The topological polar surface area (TPSA) is 51.3 Å². The van der Waals surface area contributed by atoms with Crippen LogP contribution in [0.4, 0.5) is 0 Å². The third-order valence-electron chi connectivity index (χ3n) is 10.2. The number of H-pyrrole nitrogens is 1. The van der Waals surface area contributed by atoms with Gasteiger partial charge in [0.05, 0.1) is 26.2 Å². The standard InChI is InChI=1S/C43H44N2O3/c1-2-34-29-38-30-36(17-19-39(38)44-43(34)46)42(37-18-20-40-41(31-37)48-28-27-47-40)35-21-25-45(26-22-35,23-9-15-32-11-5-3-6-12-32)24-10-16-33-13-7-4-8-14-33/h3-20,29-31,35,42H,2,21-28H2,1H3/p+1. The van der Waals surface area contributed by atoms with E-state index in [-0.39, 0.29) is 11.5 Å². The molecular weight excluding hydrogens is 592 g/mol. The van der Waals surface area contributed by atoms with Crippen molar-refractivity contribution >= 4 is 23.1 Å². The molecule has 1 fully saturated rings. The number of hydrogen-bond acceptors (Lipinski definition) is 3. The van der Waals surface area contributed by atoms with E-state index in [1.807, 2.05) is 6.92 Å². The molecule has 48 heavy (non-hydrogen) atoms. The number of likely N-dealkylation sites (tertiary alicyclic amines) is 1. The molecule has 4 aromatic carbocycles. The summed E-state index contributed by atoms with van der Waals surface area (Å²) in [6, 6.07) is 36.4. The van der Waals surface area contributed by atoms with Crippen LogP contribution in [0.15, 0.2) is 120 Å². The number of aromatic nitrogens is 1. The fraction of sp³-hybridized carbons (Fsp3) is 0.279. The molecule has 244 valence electrons. The zero-order valence-electron chi connectivity index (χ0n) is 27.8. The van der Waals surface area contributed by atoms with Crippen LogP contribution in [-0.2, 0) is 6.42 Å². The molecule has 2 aliphatic rings. The molecule has 7 rings (SSSR count). The second-order valence-corrected chi connectivity index (χ2v) is 13.3. The first-order valence-corrected chi connectivity index (χ1v) is 17.4. The van der Waals surface area contributed by atoms with Gasteiger partial charge in [-0.2, -0.15) is 0 Å². The van der Waals surface area contributed by atoms with Gasteiger partial charge in [-0.1, -0.05) is 91.9 Å². The summed E-state index contributed by atoms with van der Waals surface area (Å²) >= 11 is 0. The maximum atomic E-state index is 12.6. The predicted molar refractivity (Wildman–Crippen MR) is 197 cm³/mol. The van der Waals surface area contributed by atoms with Crippen LogP contribution >= 0.6 is 0 Å². The number of ether oxygens (including phenoxy) is 2. The second-order valence-electron chi connectivity index (χ2n) is 13.3. The molecule has 0 aliphatic carbocycles. The predicted octanol–water partition coefficient (Wildman–Crippen LogP) is 8.65. The lowest BCUT2D eigenvalue weighted by atomic mass is 9.75. The average Bonchev–Trinajstić information content (AvgIpc) is 3.13. The number of rotatable bonds is 10. The molecule has 0 spiro atoms. The van der Waals surface area contributed by atoms with Crippen molar-refractivity contribution in [2.45, 2.75) is 32.1 Å². The molecule has 5 nitrogen and oxygen atoms in total. The average molecular weight is 638 g/mol. The van der Waals surface area contributed by atoms with Crippen molar-refractivity contribution in [2.24, 2.45) is 5.92 Å². The number of piperidine rings is 1. The Morgan fingerprint density at radius 3 is 2.00 bits per heavy atom. The van der Waals surface area contributed by atoms with Gasteiger partial charge in [-0.25, -0.2) is 0 Å². The first kappa shape index (κ1) is 31.7. The van der Waals surface area contributed by atoms with Gasteiger partial charge in [-0.3, -0.25) is 4.79 Å². The van der Waals surface area contributed by atoms with Crippen LogP contribution in [0, 0.1) is 5.92 Å². The number of aryl methyl sites for hydroxylation is 1. The first-order chi connectivity index (χ1) is 23.6. The molecule has 2 aliphatic heterocycles. The molecule has 1 unspecified atom stereocenters. The Hall–Kier alpha value is -4.87. The lowest BCUT2D eigenvalue weighted by Gasteiger charge is -2.44. The Morgan fingerprint density at radius 1 is 0.750 bits per heavy atom. The van der Waals surface area contributed by atoms with Crippen LogP contribution in [-0.4, -0.2) is 48.9 Å². The minimum Gasteiger partial charge on any atom is -0.486 e. The maximum Gasteiger partial charge on any atom is 0.251 e. The van der Waals surface area contributed by atoms with Crippen molar-refractivity contribution in [3.8, 4) is 11.5 Å². The van der Waals surface area contributed by atoms with Crippen molar-refractivity contribution in [1.82, 2.24) is 4.98 Å². The van der Waals surface area contributed by atoms with Crippen molar-refractivity contribution < 1.29 is 14.0 Å². The van der Waals surface area contributed by atoms with Gasteiger partial charge >= 0.3 is 0 Å². The number of aromatic amines is 1. The Kier molecular flexibility index (Phi) is 9.57. The van der Waals surface area contributed by atoms with Crippen LogP contribution in [0.2, 0.25) is 0 Å². The molecule has 0 radical (unpaired) electrons. The van der Waals surface area contributed by atoms with Crippen LogP contribution < -0.4 is 15.0 Å². The van der Waals surface area contributed by atoms with Crippen LogP contribution in [0.5, 0.6) is 11.5 Å². The molecule has 3 heterocycles. The Bertz CT molecular complexity index is 1900. The van der Waals surface area contributed by atoms with Gasteiger partial charge in [0.15, 0.2) is 11.5 Å². The highest BCUT2D eigenvalue weighted by Crippen LogP contribution is 2.43. The van der Waals surface area contributed by atoms with E-state index in [1.54, 1.807) is 0 Å². The van der Waals surface area contributed by atoms with E-state index in [2.05, 4.69) is 132 Å². The summed E-state index contributed by atoms with van der Waals surface area (Å²) in [4.78, 5) is 15.7. The number of fused-ring (bicyclic) bond motifs is 2. The summed E-state index contributed by atoms with van der Waals surface area (Å²) in [7, 11) is 0. The Balaban J connectivity index is 1.20. The minimum atomic E-state index is 0.00477. The highest BCUT2D eigenvalue weighted by Gasteiger charge is 2.37. The molecular formula is C43H45N2O3+. The molecule has 0 saturated carbocycles. The molecule has 0 amide bonds. The first-order valence-electron chi connectivity index (χ1n) is 17.4. The van der Waals surface area contributed by atoms with Gasteiger partial charge in [0, 0.05) is 29.8 Å². The van der Waals surface area contributed by atoms with Gasteiger partial charge in [-0.15, -0.1) is 0 Å². The quantitative estimate of drug-likeness (QED) is 0.156. The number of nitrogens with one attached hydrogen (secondary N) is 1. The Labute approximate surface area is 283 Å². The van der Waals surface area contributed by atoms with Crippen LogP contribution in [0.3, 0.4) is 0 Å². The van der Waals surface area contributed by atoms with E-state index in [0.717, 1.165) is 71.5 Å². The van der Waals surface area contributed by atoms with Crippen LogP contribution in [0.1, 0.15) is 53.5 Å². The number of benzene rings is 4. The van der Waals surface area contributed by atoms with E-state index in [4.69, 9.17) is 9.47 Å². The van der Waals surface area contributed by atoms with Crippen molar-refractivity contribution in [3.05, 3.63) is 153 Å². The smallest absolute Gasteiger partial charge is 0.251 e. The van der Waals surface area contributed by atoms with E-state index in [9.17, 15) is 4.79 Å². The summed E-state index contributed by atoms with van der Waals surface area (Å²) < 4.78 is 13.0. The SMILES string of the molecule is CCc1cc2cc(C(c3ccc4c(c3)OCCO4)C3CC[N+](CC=Cc4ccccc4)(CC=Cc4ccccc4)CC3)ccc2[nH]c1=O. The second kappa shape index (κ2) is 14.5. The molecule has 1 saturated heterocycles. The number of hydrogen-bond donors (Lipinski definition) is 1. The number of pyridine rings is 1. The third-order valence-corrected chi connectivity index (χ3v) is 10.2. The van der Waals surface area contributed by atoms with Crippen LogP contribution in [0.25, 0.3) is 23.1 Å². The van der Waals surface area contributed by atoms with E-state index in [0.29, 0.717) is 25.6 Å². The number of nitrogens with zero attached hydrogens (tertiary/aromatic N) is 1. The number of quaternary nitrogens is 1. The Morgan fingerprint density at radius 2 is 1.35 bits per heavy atom. The zero-order chi connectivity index (χ0) is 32.8. The summed E-state index contributed by atoms with van der Waals surface area (Å²) in [5.74, 6) is 2.31. The van der Waals surface area contributed by atoms with Crippen molar-refractivity contribution in [2.75, 3.05) is 39.4 Å². The van der Waals surface area contributed by atoms with E-state index in [1.165, 1.54) is 22.3 Å². The van der Waals surface area contributed by atoms with Gasteiger partial charge in [-0.05, 0) is 82.5 Å². The van der Waals surface area contributed by atoms with Gasteiger partial charge < -0.3 is 18.9 Å². The highest BCUT2D eigenvalue weighted by atomic mass is 16.6. The summed E-state index contributed by atoms with van der Waals surface area (Å²) in [6.07, 6.45) is 12.2. The van der Waals surface area contributed by atoms with Gasteiger partial charge in [0.1, 0.15) is 13.2 Å². The molecule has 5 aromatic rings. The largest absolute Gasteiger partial charge is 0.486 e. The maximum absolute atomic E-state index is 12.6. The third kappa shape index (κ3) is 7.17. The summed E-state index contributed by atoms with van der Waals surface area (Å²) in [6.45, 7) is 7.39. The molecule has 1 aromatic heterocycles. The molecule has 0 bridgehead atoms.